The smallest absolute Gasteiger partial charge is 0.0302 e. The number of likely N-dealkylation sites (tertiary alicyclic amines) is 1. The normalized spacial score (nSPS) is 24.9. The first kappa shape index (κ1) is 12.6. The maximum absolute atomic E-state index is 3.61. The second-order valence-corrected chi connectivity index (χ2v) is 7.42. The molecule has 2 fully saturated rings. The van der Waals surface area contributed by atoms with Crippen LogP contribution in [-0.2, 0) is 13.1 Å². The van der Waals surface area contributed by atoms with Crippen molar-refractivity contribution in [2.75, 3.05) is 13.1 Å². The van der Waals surface area contributed by atoms with Crippen LogP contribution in [0.5, 0.6) is 0 Å². The van der Waals surface area contributed by atoms with Crippen LogP contribution in [0.2, 0.25) is 0 Å². The van der Waals surface area contributed by atoms with Crippen LogP contribution in [0.15, 0.2) is 6.07 Å². The lowest BCUT2D eigenvalue weighted by Gasteiger charge is -2.14. The van der Waals surface area contributed by atoms with Gasteiger partial charge in [-0.2, -0.15) is 0 Å². The van der Waals surface area contributed by atoms with Crippen molar-refractivity contribution in [2.45, 2.75) is 52.2 Å². The Morgan fingerprint density at radius 3 is 2.89 bits per heavy atom. The molecule has 1 unspecified atom stereocenters. The Labute approximate surface area is 114 Å². The molecule has 0 aromatic carbocycles. The monoisotopic (exact) mass is 264 g/mol. The Bertz CT molecular complexity index is 409. The Hall–Kier alpha value is -0.380. The molecule has 2 aliphatic rings. The number of rotatable bonds is 5. The minimum Gasteiger partial charge on any atom is -0.309 e. The van der Waals surface area contributed by atoms with Gasteiger partial charge in [-0.3, -0.25) is 4.90 Å². The van der Waals surface area contributed by atoms with E-state index in [0.717, 1.165) is 25.0 Å². The molecule has 1 atom stereocenters. The van der Waals surface area contributed by atoms with Crippen molar-refractivity contribution in [3.8, 4) is 0 Å². The van der Waals surface area contributed by atoms with Gasteiger partial charge in [0.1, 0.15) is 0 Å². The van der Waals surface area contributed by atoms with E-state index >= 15 is 0 Å². The lowest BCUT2D eigenvalue weighted by atomic mass is 10.2. The minimum atomic E-state index is 0.815. The molecule has 3 rings (SSSR count). The summed E-state index contributed by atoms with van der Waals surface area (Å²) >= 11 is 1.98. The number of hydrogen-bond acceptors (Lipinski definition) is 3. The van der Waals surface area contributed by atoms with Gasteiger partial charge in [-0.1, -0.05) is 6.92 Å². The molecule has 0 bridgehead atoms. The molecule has 2 nitrogen and oxygen atoms in total. The lowest BCUT2D eigenvalue weighted by molar-refractivity contribution is 0.320. The van der Waals surface area contributed by atoms with Gasteiger partial charge in [0.25, 0.3) is 0 Å². The number of thiophene rings is 1. The van der Waals surface area contributed by atoms with Gasteiger partial charge < -0.3 is 5.32 Å². The predicted octanol–water partition coefficient (Wildman–Crippen LogP) is 3.15. The van der Waals surface area contributed by atoms with Crippen LogP contribution in [0, 0.1) is 12.8 Å². The van der Waals surface area contributed by atoms with Gasteiger partial charge in [0.15, 0.2) is 0 Å². The first-order chi connectivity index (χ1) is 8.70. The molecule has 2 heterocycles. The van der Waals surface area contributed by atoms with Crippen molar-refractivity contribution in [3.63, 3.8) is 0 Å². The van der Waals surface area contributed by atoms with Crippen LogP contribution >= 0.6 is 11.3 Å². The third-order valence-corrected chi connectivity index (χ3v) is 5.21. The first-order valence-electron chi connectivity index (χ1n) is 7.24. The van der Waals surface area contributed by atoms with Crippen molar-refractivity contribution in [1.29, 1.82) is 0 Å². The van der Waals surface area contributed by atoms with E-state index in [1.807, 2.05) is 11.3 Å². The Balaban J connectivity index is 1.57. The molecule has 1 saturated heterocycles. The summed E-state index contributed by atoms with van der Waals surface area (Å²) in [6.45, 7) is 9.45. The largest absolute Gasteiger partial charge is 0.309 e. The fourth-order valence-corrected chi connectivity index (χ4v) is 3.78. The molecule has 1 aromatic rings. The summed E-state index contributed by atoms with van der Waals surface area (Å²) in [7, 11) is 0. The fourth-order valence-electron chi connectivity index (χ4n) is 2.77. The second-order valence-electron chi connectivity index (χ2n) is 6.08. The van der Waals surface area contributed by atoms with Crippen LogP contribution in [0.25, 0.3) is 0 Å². The molecule has 0 radical (unpaired) electrons. The predicted molar refractivity (Wildman–Crippen MR) is 78.0 cm³/mol. The van der Waals surface area contributed by atoms with Crippen LogP contribution in [0.4, 0.5) is 0 Å². The highest BCUT2D eigenvalue weighted by molar-refractivity contribution is 7.12. The molecule has 1 saturated carbocycles. The summed E-state index contributed by atoms with van der Waals surface area (Å²) in [6.07, 6.45) is 4.13. The van der Waals surface area contributed by atoms with Crippen LogP contribution in [0.3, 0.4) is 0 Å². The Morgan fingerprint density at radius 2 is 2.22 bits per heavy atom. The van der Waals surface area contributed by atoms with Crippen LogP contribution in [-0.4, -0.2) is 24.0 Å². The zero-order valence-corrected chi connectivity index (χ0v) is 12.4. The summed E-state index contributed by atoms with van der Waals surface area (Å²) in [4.78, 5) is 5.64. The average molecular weight is 264 g/mol. The molecule has 1 N–H and O–H groups in total. The van der Waals surface area contributed by atoms with E-state index in [0.29, 0.717) is 0 Å². The van der Waals surface area contributed by atoms with E-state index in [1.165, 1.54) is 42.1 Å². The molecular weight excluding hydrogens is 240 g/mol. The first-order valence-corrected chi connectivity index (χ1v) is 8.06. The quantitative estimate of drug-likeness (QED) is 0.879. The van der Waals surface area contributed by atoms with Gasteiger partial charge in [-0.15, -0.1) is 11.3 Å². The number of nitrogens with zero attached hydrogens (tertiary/aromatic N) is 1. The zero-order valence-electron chi connectivity index (χ0n) is 11.5. The Morgan fingerprint density at radius 1 is 1.39 bits per heavy atom. The molecule has 0 spiro atoms. The van der Waals surface area contributed by atoms with Gasteiger partial charge in [0.05, 0.1) is 0 Å². The van der Waals surface area contributed by atoms with E-state index in [4.69, 9.17) is 0 Å². The van der Waals surface area contributed by atoms with Gasteiger partial charge >= 0.3 is 0 Å². The standard InChI is InChI=1S/C15H24N2S/c1-11-5-6-17(9-11)10-13-7-15(18-12(13)2)8-16-14-3-4-14/h7,11,14,16H,3-6,8-10H2,1-2H3. The summed E-state index contributed by atoms with van der Waals surface area (Å²) in [5.74, 6) is 0.889. The zero-order chi connectivity index (χ0) is 12.5. The van der Waals surface area contributed by atoms with Gasteiger partial charge in [0, 0.05) is 35.4 Å². The Kier molecular flexibility index (Phi) is 3.73. The highest BCUT2D eigenvalue weighted by atomic mass is 32.1. The molecule has 1 aromatic heterocycles. The van der Waals surface area contributed by atoms with Crippen molar-refractivity contribution in [2.24, 2.45) is 5.92 Å². The molecule has 1 aliphatic heterocycles. The van der Waals surface area contributed by atoms with Crippen molar-refractivity contribution >= 4 is 11.3 Å². The van der Waals surface area contributed by atoms with Gasteiger partial charge in [0.2, 0.25) is 0 Å². The van der Waals surface area contributed by atoms with E-state index in [2.05, 4.69) is 30.1 Å². The summed E-state index contributed by atoms with van der Waals surface area (Å²) in [6, 6.07) is 3.24. The summed E-state index contributed by atoms with van der Waals surface area (Å²) in [5.41, 5.74) is 1.56. The highest BCUT2D eigenvalue weighted by Gasteiger charge is 2.22. The second kappa shape index (κ2) is 5.32. The van der Waals surface area contributed by atoms with Crippen molar-refractivity contribution in [3.05, 3.63) is 21.4 Å². The topological polar surface area (TPSA) is 15.3 Å². The average Bonchev–Trinajstić information content (AvgIpc) is 2.99. The van der Waals surface area contributed by atoms with E-state index in [-0.39, 0.29) is 0 Å². The molecular formula is C15H24N2S. The lowest BCUT2D eigenvalue weighted by Crippen LogP contribution is -2.19. The SMILES string of the molecule is Cc1sc(CNC2CC2)cc1CN1CCC(C)C1. The van der Waals surface area contributed by atoms with Crippen molar-refractivity contribution in [1.82, 2.24) is 10.2 Å². The maximum atomic E-state index is 3.61. The van der Waals surface area contributed by atoms with Gasteiger partial charge in [-0.05, 0) is 50.3 Å². The maximum Gasteiger partial charge on any atom is 0.0302 e. The van der Waals surface area contributed by atoms with E-state index in [1.54, 1.807) is 5.56 Å². The van der Waals surface area contributed by atoms with Crippen LogP contribution < -0.4 is 5.32 Å². The molecule has 0 amide bonds. The van der Waals surface area contributed by atoms with Crippen LogP contribution in [0.1, 0.15) is 41.5 Å². The summed E-state index contributed by atoms with van der Waals surface area (Å²) < 4.78 is 0. The summed E-state index contributed by atoms with van der Waals surface area (Å²) in [5, 5.41) is 3.61. The van der Waals surface area contributed by atoms with E-state index < -0.39 is 0 Å². The minimum absolute atomic E-state index is 0.815. The van der Waals surface area contributed by atoms with Gasteiger partial charge in [-0.25, -0.2) is 0 Å². The van der Waals surface area contributed by atoms with Crippen molar-refractivity contribution < 1.29 is 0 Å². The fraction of sp³-hybridized carbons (Fsp3) is 0.733. The molecule has 18 heavy (non-hydrogen) atoms. The third kappa shape index (κ3) is 3.14. The highest BCUT2D eigenvalue weighted by Crippen LogP contribution is 2.26. The molecule has 1 aliphatic carbocycles. The third-order valence-electron chi connectivity index (χ3n) is 4.12. The number of hydrogen-bond donors (Lipinski definition) is 1. The van der Waals surface area contributed by atoms with E-state index in [9.17, 15) is 0 Å². The number of nitrogens with one attached hydrogen (secondary N) is 1. The molecule has 100 valence electrons. The number of aryl methyl sites for hydroxylation is 1. The molecule has 3 heteroatoms.